The van der Waals surface area contributed by atoms with E-state index in [1.54, 1.807) is 18.3 Å². The van der Waals surface area contributed by atoms with E-state index in [1.165, 1.54) is 6.42 Å². The molecule has 1 N–H and O–H groups in total. The molecule has 0 saturated carbocycles. The maximum absolute atomic E-state index is 12.7. The number of hydrogen-bond donors (Lipinski definition) is 1. The van der Waals surface area contributed by atoms with Crippen LogP contribution in [0.2, 0.25) is 0 Å². The van der Waals surface area contributed by atoms with E-state index in [0.29, 0.717) is 17.6 Å². The molecule has 2 aromatic heterocycles. The van der Waals surface area contributed by atoms with Gasteiger partial charge in [-0.1, -0.05) is 12.1 Å². The van der Waals surface area contributed by atoms with Gasteiger partial charge in [0, 0.05) is 18.7 Å². The molecule has 0 bridgehead atoms. The molecule has 1 atom stereocenters. The highest BCUT2D eigenvalue weighted by Gasteiger charge is 2.26. The Morgan fingerprint density at radius 3 is 2.96 bits per heavy atom. The molecular formula is C17H22N4O2. The van der Waals surface area contributed by atoms with Crippen molar-refractivity contribution in [2.24, 2.45) is 0 Å². The van der Waals surface area contributed by atoms with Gasteiger partial charge in [0.2, 0.25) is 0 Å². The van der Waals surface area contributed by atoms with Gasteiger partial charge in [-0.25, -0.2) is 4.98 Å². The van der Waals surface area contributed by atoms with Gasteiger partial charge in [0.05, 0.1) is 11.9 Å². The highest BCUT2D eigenvalue weighted by molar-refractivity contribution is 5.92. The van der Waals surface area contributed by atoms with Crippen LogP contribution in [0.1, 0.15) is 48.9 Å². The van der Waals surface area contributed by atoms with Gasteiger partial charge < -0.3 is 14.7 Å². The molecule has 1 aliphatic heterocycles. The molecule has 6 heteroatoms. The third kappa shape index (κ3) is 3.52. The summed E-state index contributed by atoms with van der Waals surface area (Å²) in [6, 6.07) is 5.75. The van der Waals surface area contributed by atoms with Crippen LogP contribution in [0.5, 0.6) is 0 Å². The smallest absolute Gasteiger partial charge is 0.272 e. The van der Waals surface area contributed by atoms with Gasteiger partial charge in [-0.3, -0.25) is 4.79 Å². The lowest BCUT2D eigenvalue weighted by atomic mass is 9.99. The summed E-state index contributed by atoms with van der Waals surface area (Å²) in [7, 11) is 0. The number of amides is 1. The van der Waals surface area contributed by atoms with Crippen LogP contribution >= 0.6 is 0 Å². The Bertz CT molecular complexity index is 665. The maximum Gasteiger partial charge on any atom is 0.272 e. The number of piperidine rings is 1. The minimum Gasteiger partial charge on any atom is -0.360 e. The highest BCUT2D eigenvalue weighted by atomic mass is 16.5. The molecule has 3 heterocycles. The van der Waals surface area contributed by atoms with E-state index < -0.39 is 0 Å². The van der Waals surface area contributed by atoms with Crippen molar-refractivity contribution < 1.29 is 9.32 Å². The first-order valence-electron chi connectivity index (χ1n) is 8.14. The molecule has 0 radical (unpaired) electrons. The Labute approximate surface area is 135 Å². The van der Waals surface area contributed by atoms with Crippen molar-refractivity contribution in [3.05, 3.63) is 35.9 Å². The van der Waals surface area contributed by atoms with Gasteiger partial charge in [0.25, 0.3) is 5.91 Å². The third-order valence-corrected chi connectivity index (χ3v) is 4.24. The van der Waals surface area contributed by atoms with Gasteiger partial charge in [-0.15, -0.1) is 0 Å². The monoisotopic (exact) mass is 314 g/mol. The first-order chi connectivity index (χ1) is 11.2. The largest absolute Gasteiger partial charge is 0.360 e. The van der Waals surface area contributed by atoms with Crippen LogP contribution in [-0.4, -0.2) is 33.5 Å². The zero-order chi connectivity index (χ0) is 16.2. The molecule has 1 unspecified atom stereocenters. The molecule has 2 aromatic rings. The Kier molecular flexibility index (Phi) is 4.60. The number of carbonyl (C=O) groups excluding carboxylic acids is 1. The SMILES string of the molecule is CCC1CCCCN1C(=O)c1ccc(Nc2cc(C)on2)cn1. The topological polar surface area (TPSA) is 71.3 Å². The van der Waals surface area contributed by atoms with Gasteiger partial charge in [-0.05, 0) is 44.7 Å². The molecule has 1 saturated heterocycles. The quantitative estimate of drug-likeness (QED) is 0.934. The number of nitrogens with zero attached hydrogens (tertiary/aromatic N) is 3. The summed E-state index contributed by atoms with van der Waals surface area (Å²) in [5.41, 5.74) is 1.27. The number of pyridine rings is 1. The summed E-state index contributed by atoms with van der Waals surface area (Å²) in [6.07, 6.45) is 6.02. The number of aryl methyl sites for hydroxylation is 1. The lowest BCUT2D eigenvalue weighted by molar-refractivity contribution is 0.0602. The summed E-state index contributed by atoms with van der Waals surface area (Å²) >= 11 is 0. The summed E-state index contributed by atoms with van der Waals surface area (Å²) in [6.45, 7) is 4.80. The highest BCUT2D eigenvalue weighted by Crippen LogP contribution is 2.22. The predicted octanol–water partition coefficient (Wildman–Crippen LogP) is 3.53. The van der Waals surface area contributed by atoms with Crippen molar-refractivity contribution in [3.8, 4) is 0 Å². The van der Waals surface area contributed by atoms with Gasteiger partial charge in [0.15, 0.2) is 5.82 Å². The summed E-state index contributed by atoms with van der Waals surface area (Å²) < 4.78 is 5.01. The average molecular weight is 314 g/mol. The van der Waals surface area contributed by atoms with Crippen LogP contribution in [-0.2, 0) is 0 Å². The van der Waals surface area contributed by atoms with E-state index in [-0.39, 0.29) is 5.91 Å². The van der Waals surface area contributed by atoms with Gasteiger partial charge >= 0.3 is 0 Å². The number of hydrogen-bond acceptors (Lipinski definition) is 5. The number of nitrogens with one attached hydrogen (secondary N) is 1. The zero-order valence-corrected chi connectivity index (χ0v) is 13.6. The standard InChI is InChI=1S/C17H22N4O2/c1-3-14-6-4-5-9-21(14)17(22)15-8-7-13(11-18-15)19-16-10-12(2)23-20-16/h7-8,10-11,14H,3-6,9H2,1-2H3,(H,19,20). The van der Waals surface area contributed by atoms with Crippen LogP contribution in [0.4, 0.5) is 11.5 Å². The van der Waals surface area contributed by atoms with Crippen LogP contribution in [0, 0.1) is 6.92 Å². The second-order valence-electron chi connectivity index (χ2n) is 5.94. The second-order valence-corrected chi connectivity index (χ2v) is 5.94. The van der Waals surface area contributed by atoms with Crippen molar-refractivity contribution in [2.45, 2.75) is 45.6 Å². The first kappa shape index (κ1) is 15.5. The van der Waals surface area contributed by atoms with Crippen molar-refractivity contribution in [1.82, 2.24) is 15.0 Å². The van der Waals surface area contributed by atoms with Crippen molar-refractivity contribution in [2.75, 3.05) is 11.9 Å². The van der Waals surface area contributed by atoms with E-state index in [1.807, 2.05) is 17.9 Å². The molecule has 23 heavy (non-hydrogen) atoms. The van der Waals surface area contributed by atoms with E-state index in [4.69, 9.17) is 4.52 Å². The molecule has 122 valence electrons. The Morgan fingerprint density at radius 2 is 2.30 bits per heavy atom. The van der Waals surface area contributed by atoms with Crippen molar-refractivity contribution >= 4 is 17.4 Å². The van der Waals surface area contributed by atoms with Crippen LogP contribution in [0.15, 0.2) is 28.9 Å². The van der Waals surface area contributed by atoms with Crippen LogP contribution < -0.4 is 5.32 Å². The Hall–Kier alpha value is -2.37. The number of aromatic nitrogens is 2. The molecule has 0 aromatic carbocycles. The molecule has 0 aliphatic carbocycles. The number of anilines is 2. The summed E-state index contributed by atoms with van der Waals surface area (Å²) in [5.74, 6) is 1.40. The summed E-state index contributed by atoms with van der Waals surface area (Å²) in [5, 5.41) is 6.97. The van der Waals surface area contributed by atoms with Crippen molar-refractivity contribution in [1.29, 1.82) is 0 Å². The van der Waals surface area contributed by atoms with E-state index in [0.717, 1.165) is 37.3 Å². The number of likely N-dealkylation sites (tertiary alicyclic amines) is 1. The second kappa shape index (κ2) is 6.81. The molecule has 6 nitrogen and oxygen atoms in total. The third-order valence-electron chi connectivity index (χ3n) is 4.24. The molecule has 1 aliphatic rings. The average Bonchev–Trinajstić information content (AvgIpc) is 3.00. The van der Waals surface area contributed by atoms with E-state index in [9.17, 15) is 4.79 Å². The Morgan fingerprint density at radius 1 is 1.43 bits per heavy atom. The minimum atomic E-state index is 0.0281. The minimum absolute atomic E-state index is 0.0281. The molecule has 1 amide bonds. The zero-order valence-electron chi connectivity index (χ0n) is 13.6. The molecule has 3 rings (SSSR count). The fraction of sp³-hybridized carbons (Fsp3) is 0.471. The Balaban J connectivity index is 1.69. The maximum atomic E-state index is 12.7. The van der Waals surface area contributed by atoms with Crippen molar-refractivity contribution in [3.63, 3.8) is 0 Å². The fourth-order valence-corrected chi connectivity index (χ4v) is 3.01. The number of carbonyl (C=O) groups is 1. The molecular weight excluding hydrogens is 292 g/mol. The lowest BCUT2D eigenvalue weighted by Crippen LogP contribution is -2.43. The van der Waals surface area contributed by atoms with Crippen LogP contribution in [0.25, 0.3) is 0 Å². The summed E-state index contributed by atoms with van der Waals surface area (Å²) in [4.78, 5) is 18.9. The molecule has 0 spiro atoms. The fourth-order valence-electron chi connectivity index (χ4n) is 3.01. The lowest BCUT2D eigenvalue weighted by Gasteiger charge is -2.35. The first-order valence-corrected chi connectivity index (χ1v) is 8.14. The number of rotatable bonds is 4. The van der Waals surface area contributed by atoms with Gasteiger partial charge in [0.1, 0.15) is 11.5 Å². The van der Waals surface area contributed by atoms with Gasteiger partial charge in [-0.2, -0.15) is 0 Å². The predicted molar refractivity (Wildman–Crippen MR) is 87.7 cm³/mol. The van der Waals surface area contributed by atoms with Crippen LogP contribution in [0.3, 0.4) is 0 Å². The van der Waals surface area contributed by atoms with E-state index in [2.05, 4.69) is 22.4 Å². The normalized spacial score (nSPS) is 18.0. The molecule has 1 fully saturated rings. The van der Waals surface area contributed by atoms with E-state index >= 15 is 0 Å².